The quantitative estimate of drug-likeness (QED) is 0.541. The summed E-state index contributed by atoms with van der Waals surface area (Å²) in [5.41, 5.74) is 5.47. The van der Waals surface area contributed by atoms with Gasteiger partial charge in [-0.25, -0.2) is 9.37 Å². The summed E-state index contributed by atoms with van der Waals surface area (Å²) in [6.07, 6.45) is 1.59. The largest absolute Gasteiger partial charge is 0.347 e. The Hall–Kier alpha value is -4.12. The number of nitrogens with one attached hydrogen (secondary N) is 2. The average Bonchev–Trinajstić information content (AvgIpc) is 3.22. The van der Waals surface area contributed by atoms with Crippen molar-refractivity contribution in [2.45, 2.75) is 13.5 Å². The lowest BCUT2D eigenvalue weighted by atomic mass is 10.0. The summed E-state index contributed by atoms with van der Waals surface area (Å²) in [6.45, 7) is 2.35. The molecule has 4 aromatic rings. The summed E-state index contributed by atoms with van der Waals surface area (Å²) in [6, 6.07) is 15.6. The monoisotopic (exact) mass is 385 g/mol. The van der Waals surface area contributed by atoms with Crippen LogP contribution in [0.25, 0.3) is 22.5 Å². The van der Waals surface area contributed by atoms with E-state index < -0.39 is 0 Å². The first-order valence-electron chi connectivity index (χ1n) is 8.87. The van der Waals surface area contributed by atoms with Crippen LogP contribution in [0, 0.1) is 24.1 Å². The Kier molecular flexibility index (Phi) is 4.95. The van der Waals surface area contributed by atoms with Gasteiger partial charge in [-0.2, -0.15) is 15.5 Å². The normalized spacial score (nSPS) is 10.5. The molecule has 0 aliphatic carbocycles. The Balaban J connectivity index is 1.48. The maximum atomic E-state index is 13.1. The molecule has 2 heterocycles. The molecule has 0 bridgehead atoms. The molecular weight excluding hydrogens is 369 g/mol. The van der Waals surface area contributed by atoms with E-state index >= 15 is 0 Å². The molecule has 0 saturated heterocycles. The highest BCUT2D eigenvalue weighted by Gasteiger charge is 2.09. The van der Waals surface area contributed by atoms with Gasteiger partial charge in [-0.1, -0.05) is 6.07 Å². The highest BCUT2D eigenvalue weighted by Crippen LogP contribution is 2.23. The van der Waals surface area contributed by atoms with Gasteiger partial charge in [0.05, 0.1) is 41.5 Å². The molecule has 2 aromatic heterocycles. The lowest BCUT2D eigenvalue weighted by Crippen LogP contribution is -2.05. The van der Waals surface area contributed by atoms with Crippen molar-refractivity contribution < 1.29 is 4.39 Å². The topological polar surface area (TPSA) is 103 Å². The fourth-order valence-corrected chi connectivity index (χ4v) is 2.92. The third-order valence-corrected chi connectivity index (χ3v) is 4.40. The lowest BCUT2D eigenvalue weighted by Gasteiger charge is -2.07. The zero-order valence-corrected chi connectivity index (χ0v) is 15.5. The zero-order valence-electron chi connectivity index (χ0n) is 15.5. The van der Waals surface area contributed by atoms with Crippen molar-refractivity contribution in [3.05, 3.63) is 77.4 Å². The molecule has 0 aliphatic rings. The first kappa shape index (κ1) is 18.3. The summed E-state index contributed by atoms with van der Waals surface area (Å²) in [5.74, 6) is 0.0948. The van der Waals surface area contributed by atoms with E-state index in [1.165, 1.54) is 12.1 Å². The molecule has 0 aliphatic heterocycles. The van der Waals surface area contributed by atoms with Crippen molar-refractivity contribution in [3.8, 4) is 28.6 Å². The highest BCUT2D eigenvalue weighted by molar-refractivity contribution is 5.64. The van der Waals surface area contributed by atoms with Crippen LogP contribution in [0.15, 0.2) is 54.7 Å². The number of nitriles is 1. The summed E-state index contributed by atoms with van der Waals surface area (Å²) in [5, 5.41) is 27.4. The number of benzene rings is 2. The van der Waals surface area contributed by atoms with E-state index in [4.69, 9.17) is 5.26 Å². The van der Waals surface area contributed by atoms with Crippen LogP contribution in [0.4, 0.5) is 10.3 Å². The van der Waals surface area contributed by atoms with Gasteiger partial charge in [0.25, 0.3) is 0 Å². The van der Waals surface area contributed by atoms with E-state index in [1.54, 1.807) is 24.4 Å². The fraction of sp³-hybridized carbons (Fsp3) is 0.0952. The minimum absolute atomic E-state index is 0.284. The predicted molar refractivity (Wildman–Crippen MR) is 106 cm³/mol. The number of anilines is 1. The van der Waals surface area contributed by atoms with Gasteiger partial charge < -0.3 is 5.32 Å². The van der Waals surface area contributed by atoms with E-state index in [9.17, 15) is 4.39 Å². The molecule has 2 N–H and O–H groups in total. The SMILES string of the molecule is Cc1cc(C#N)ccc1-c1cnnc(NCc2cc(-c3ccc(F)cc3)n[nH]2)n1. The molecule has 0 radical (unpaired) electrons. The molecule has 0 saturated carbocycles. The number of hydrogen-bond acceptors (Lipinski definition) is 6. The van der Waals surface area contributed by atoms with Crippen LogP contribution in [-0.4, -0.2) is 25.4 Å². The maximum Gasteiger partial charge on any atom is 0.243 e. The van der Waals surface area contributed by atoms with Crippen molar-refractivity contribution in [1.29, 1.82) is 5.26 Å². The number of hydrogen-bond donors (Lipinski definition) is 2. The molecule has 8 heteroatoms. The van der Waals surface area contributed by atoms with E-state index in [0.29, 0.717) is 23.8 Å². The van der Waals surface area contributed by atoms with E-state index in [1.807, 2.05) is 25.1 Å². The van der Waals surface area contributed by atoms with Gasteiger partial charge in [-0.3, -0.25) is 5.10 Å². The second-order valence-corrected chi connectivity index (χ2v) is 6.45. The Labute approximate surface area is 166 Å². The molecule has 0 amide bonds. The van der Waals surface area contributed by atoms with E-state index in [0.717, 1.165) is 28.1 Å². The van der Waals surface area contributed by atoms with Crippen molar-refractivity contribution in [3.63, 3.8) is 0 Å². The molecule has 4 rings (SSSR count). The molecule has 29 heavy (non-hydrogen) atoms. The van der Waals surface area contributed by atoms with Crippen LogP contribution in [-0.2, 0) is 6.54 Å². The number of aryl methyl sites for hydroxylation is 1. The van der Waals surface area contributed by atoms with Crippen LogP contribution in [0.1, 0.15) is 16.8 Å². The maximum absolute atomic E-state index is 13.1. The zero-order chi connectivity index (χ0) is 20.2. The summed E-state index contributed by atoms with van der Waals surface area (Å²) in [7, 11) is 0. The number of aromatic amines is 1. The average molecular weight is 385 g/mol. The predicted octanol–water partition coefficient (Wildman–Crippen LogP) is 3.86. The lowest BCUT2D eigenvalue weighted by molar-refractivity contribution is 0.628. The molecule has 0 unspecified atom stereocenters. The fourth-order valence-electron chi connectivity index (χ4n) is 2.92. The molecular formula is C21H16FN7. The highest BCUT2D eigenvalue weighted by atomic mass is 19.1. The second-order valence-electron chi connectivity index (χ2n) is 6.45. The first-order valence-corrected chi connectivity index (χ1v) is 8.87. The van der Waals surface area contributed by atoms with Gasteiger partial charge >= 0.3 is 0 Å². The Morgan fingerprint density at radius 3 is 2.69 bits per heavy atom. The Bertz CT molecular complexity index is 1190. The Morgan fingerprint density at radius 2 is 1.93 bits per heavy atom. The standard InChI is InChI=1S/C21H16FN7/c1-13-8-14(10-23)2-7-18(13)20-12-25-29-21(26-20)24-11-17-9-19(28-27-17)15-3-5-16(22)6-4-15/h2-9,12H,11H2,1H3,(H,27,28)(H,24,26,29). The summed E-state index contributed by atoms with van der Waals surface area (Å²) < 4.78 is 13.1. The van der Waals surface area contributed by atoms with Gasteiger partial charge in [0.1, 0.15) is 5.82 Å². The molecule has 142 valence electrons. The van der Waals surface area contributed by atoms with E-state index in [2.05, 4.69) is 36.8 Å². The van der Waals surface area contributed by atoms with Gasteiger partial charge in [0.2, 0.25) is 5.95 Å². The summed E-state index contributed by atoms with van der Waals surface area (Å²) >= 11 is 0. The number of nitrogens with zero attached hydrogens (tertiary/aromatic N) is 5. The molecule has 2 aromatic carbocycles. The van der Waals surface area contributed by atoms with Crippen LogP contribution < -0.4 is 5.32 Å². The molecule has 0 spiro atoms. The minimum Gasteiger partial charge on any atom is -0.347 e. The number of halogens is 1. The molecule has 0 atom stereocenters. The van der Waals surface area contributed by atoms with Crippen molar-refractivity contribution in [2.75, 3.05) is 5.32 Å². The summed E-state index contributed by atoms with van der Waals surface area (Å²) in [4.78, 5) is 4.51. The van der Waals surface area contributed by atoms with Crippen LogP contribution in [0.5, 0.6) is 0 Å². The first-order chi connectivity index (χ1) is 14.1. The molecule has 7 nitrogen and oxygen atoms in total. The van der Waals surface area contributed by atoms with Crippen molar-refractivity contribution >= 4 is 5.95 Å². The third kappa shape index (κ3) is 4.09. The smallest absolute Gasteiger partial charge is 0.243 e. The van der Waals surface area contributed by atoms with Gasteiger partial charge in [0, 0.05) is 11.1 Å². The number of H-pyrrole nitrogens is 1. The third-order valence-electron chi connectivity index (χ3n) is 4.40. The van der Waals surface area contributed by atoms with Crippen molar-refractivity contribution in [1.82, 2.24) is 25.4 Å². The number of rotatable bonds is 5. The second kappa shape index (κ2) is 7.86. The van der Waals surface area contributed by atoms with Crippen LogP contribution >= 0.6 is 0 Å². The van der Waals surface area contributed by atoms with Crippen LogP contribution in [0.2, 0.25) is 0 Å². The van der Waals surface area contributed by atoms with Crippen LogP contribution in [0.3, 0.4) is 0 Å². The van der Waals surface area contributed by atoms with Gasteiger partial charge in [-0.05, 0) is 55.0 Å². The van der Waals surface area contributed by atoms with Gasteiger partial charge in [-0.15, -0.1) is 5.10 Å². The molecule has 0 fully saturated rings. The van der Waals surface area contributed by atoms with Crippen molar-refractivity contribution in [2.24, 2.45) is 0 Å². The van der Waals surface area contributed by atoms with Gasteiger partial charge in [0.15, 0.2) is 0 Å². The Morgan fingerprint density at radius 1 is 1.10 bits per heavy atom. The minimum atomic E-state index is -0.284. The van der Waals surface area contributed by atoms with E-state index in [-0.39, 0.29) is 5.82 Å². The number of aromatic nitrogens is 5.